The molecule has 40 heavy (non-hydrogen) atoms. The molecule has 0 spiro atoms. The molecular formula is C32H27N3O4S. The summed E-state index contributed by atoms with van der Waals surface area (Å²) in [5.74, 6) is 1.19. The molecule has 8 heteroatoms. The number of ether oxygens (including phenoxy) is 1. The fraction of sp³-hybridized carbons (Fsp3) is 0.0938. The van der Waals surface area contributed by atoms with Gasteiger partial charge in [-0.05, 0) is 49.2 Å². The number of sulfonamides is 1. The second kappa shape index (κ2) is 12.8. The Hall–Kier alpha value is -4.91. The molecule has 0 saturated carbocycles. The summed E-state index contributed by atoms with van der Waals surface area (Å²) in [5, 5.41) is 10.3. The van der Waals surface area contributed by atoms with E-state index in [4.69, 9.17) is 4.74 Å². The fourth-order valence-corrected chi connectivity index (χ4v) is 5.05. The minimum atomic E-state index is -4.23. The van der Waals surface area contributed by atoms with Gasteiger partial charge in [0, 0.05) is 5.57 Å². The van der Waals surface area contributed by atoms with Crippen LogP contribution in [0.2, 0.25) is 0 Å². The van der Waals surface area contributed by atoms with E-state index in [-0.39, 0.29) is 34.1 Å². The van der Waals surface area contributed by atoms with Gasteiger partial charge in [0.1, 0.15) is 4.90 Å². The lowest BCUT2D eigenvalue weighted by atomic mass is 9.89. The van der Waals surface area contributed by atoms with Crippen LogP contribution in [-0.4, -0.2) is 32.7 Å². The van der Waals surface area contributed by atoms with Crippen LogP contribution in [0.25, 0.3) is 16.6 Å². The standard InChI is InChI=1S/C32H27N3O4S/c1-3-39-32(36)28(23-33)29(25-13-7-4-8-14-25)30(26-15-9-5-10-16-26)31(35-21-11-6-12-22-35)34-40(37,38)27-19-17-24(2)18-20-27/h4-22H,3H2,1-2H3/b30-29-,34-31?. The van der Waals surface area contributed by atoms with Gasteiger partial charge >= 0.3 is 21.8 Å². The molecule has 0 aliphatic carbocycles. The first-order valence-electron chi connectivity index (χ1n) is 12.5. The van der Waals surface area contributed by atoms with E-state index >= 15 is 0 Å². The Morgan fingerprint density at radius 3 is 1.88 bits per heavy atom. The number of aromatic nitrogens is 1. The first kappa shape index (κ1) is 28.1. The number of carbonyl (C=O) groups excluding carboxylic acids is 1. The number of benzene rings is 3. The van der Waals surface area contributed by atoms with E-state index in [9.17, 15) is 18.6 Å². The summed E-state index contributed by atoms with van der Waals surface area (Å²) in [6, 6.07) is 29.4. The lowest BCUT2D eigenvalue weighted by Crippen LogP contribution is -2.44. The van der Waals surface area contributed by atoms with Gasteiger partial charge in [0.25, 0.3) is 0 Å². The minimum Gasteiger partial charge on any atom is -0.763 e. The van der Waals surface area contributed by atoms with Gasteiger partial charge in [0.2, 0.25) is 0 Å². The summed E-state index contributed by atoms with van der Waals surface area (Å²) in [6.07, 6.45) is 3.32. The summed E-state index contributed by atoms with van der Waals surface area (Å²) in [7, 11) is -4.23. The van der Waals surface area contributed by atoms with E-state index in [0.29, 0.717) is 11.1 Å². The second-order valence-electron chi connectivity index (χ2n) is 8.68. The molecule has 0 atom stereocenters. The molecule has 1 aromatic heterocycles. The van der Waals surface area contributed by atoms with E-state index in [2.05, 4.69) is 4.40 Å². The molecule has 0 amide bonds. The number of rotatable bonds is 8. The number of hydrogen-bond donors (Lipinski definition) is 0. The van der Waals surface area contributed by atoms with Crippen LogP contribution in [0.3, 0.4) is 0 Å². The highest BCUT2D eigenvalue weighted by Crippen LogP contribution is 2.33. The summed E-state index contributed by atoms with van der Waals surface area (Å²) >= 11 is 0. The molecule has 0 unspecified atom stereocenters. The van der Waals surface area contributed by atoms with Crippen molar-refractivity contribution in [2.75, 3.05) is 6.61 Å². The van der Waals surface area contributed by atoms with Crippen LogP contribution < -0.4 is 4.57 Å². The number of allylic oxidation sites excluding steroid dienone is 1. The Labute approximate surface area is 234 Å². The predicted octanol–water partition coefficient (Wildman–Crippen LogP) is 5.26. The van der Waals surface area contributed by atoms with Crippen molar-refractivity contribution < 1.29 is 22.5 Å². The van der Waals surface area contributed by atoms with Crippen molar-refractivity contribution in [2.45, 2.75) is 18.7 Å². The summed E-state index contributed by atoms with van der Waals surface area (Å²) in [6.45, 7) is 3.57. The third kappa shape index (κ3) is 6.38. The summed E-state index contributed by atoms with van der Waals surface area (Å²) in [4.78, 5) is 13.2. The van der Waals surface area contributed by atoms with Crippen molar-refractivity contribution in [2.24, 2.45) is 4.40 Å². The first-order valence-corrected chi connectivity index (χ1v) is 14.0. The van der Waals surface area contributed by atoms with E-state index in [0.717, 1.165) is 5.56 Å². The van der Waals surface area contributed by atoms with Crippen molar-refractivity contribution in [3.8, 4) is 0 Å². The topological polar surface area (TPSA) is 99.0 Å². The zero-order valence-corrected chi connectivity index (χ0v) is 22.9. The maximum absolute atomic E-state index is 13.7. The number of esters is 1. The number of nitrogens with zero attached hydrogens (tertiary/aromatic N) is 3. The molecule has 1 heterocycles. The van der Waals surface area contributed by atoms with Gasteiger partial charge in [-0.15, -0.1) is 0 Å². The summed E-state index contributed by atoms with van der Waals surface area (Å²) in [5.41, 5.74) is 2.16. The fourth-order valence-electron chi connectivity index (χ4n) is 4.05. The molecular weight excluding hydrogens is 522 g/mol. The molecule has 0 bridgehead atoms. The Morgan fingerprint density at radius 1 is 0.825 bits per heavy atom. The van der Waals surface area contributed by atoms with Crippen molar-refractivity contribution in [3.63, 3.8) is 0 Å². The van der Waals surface area contributed by atoms with E-state index < -0.39 is 16.0 Å². The molecule has 7 nitrogen and oxygen atoms in total. The summed E-state index contributed by atoms with van der Waals surface area (Å²) < 4.78 is 38.6. The maximum Gasteiger partial charge on any atom is 0.370 e. The number of hydrogen-bond acceptors (Lipinski definition) is 4. The molecule has 0 aliphatic rings. The maximum atomic E-state index is 13.7. The van der Waals surface area contributed by atoms with Gasteiger partial charge in [-0.3, -0.25) is 5.87 Å². The van der Waals surface area contributed by atoms with Gasteiger partial charge in [0.15, 0.2) is 0 Å². The van der Waals surface area contributed by atoms with Crippen molar-refractivity contribution in [1.82, 2.24) is 0 Å². The van der Waals surface area contributed by atoms with Crippen LogP contribution in [0.4, 0.5) is 0 Å². The molecule has 0 saturated heterocycles. The SMILES string of the molecule is CCOC(=O)C(=C=[N-])/C(=C(\C(=NS(=O)(=O)c1ccc(C)cc1)[n+]1ccccc1)c1ccccc1)c1ccccc1. The van der Waals surface area contributed by atoms with E-state index in [1.807, 2.05) is 24.9 Å². The average molecular weight is 550 g/mol. The van der Waals surface area contributed by atoms with Crippen LogP contribution in [0.15, 0.2) is 130 Å². The van der Waals surface area contributed by atoms with Gasteiger partial charge in [-0.25, -0.2) is 9.36 Å². The van der Waals surface area contributed by atoms with Gasteiger partial charge in [-0.1, -0.05) is 84.4 Å². The molecule has 0 N–H and O–H groups in total. The van der Waals surface area contributed by atoms with Gasteiger partial charge in [-0.2, -0.15) is 8.42 Å². The molecule has 4 rings (SSSR count). The quantitative estimate of drug-likeness (QED) is 0.0570. The number of carbonyl (C=O) groups is 1. The predicted molar refractivity (Wildman–Crippen MR) is 156 cm³/mol. The third-order valence-electron chi connectivity index (χ3n) is 5.93. The smallest absolute Gasteiger partial charge is 0.370 e. The highest BCUT2D eigenvalue weighted by atomic mass is 32.2. The van der Waals surface area contributed by atoms with Crippen molar-refractivity contribution in [3.05, 3.63) is 143 Å². The van der Waals surface area contributed by atoms with Crippen LogP contribution in [0.1, 0.15) is 23.6 Å². The first-order chi connectivity index (χ1) is 19.4. The average Bonchev–Trinajstić information content (AvgIpc) is 2.98. The lowest BCUT2D eigenvalue weighted by molar-refractivity contribution is -0.552. The normalized spacial score (nSPS) is 12.2. The van der Waals surface area contributed by atoms with E-state index in [1.165, 1.54) is 12.1 Å². The molecule has 3 aromatic carbocycles. The molecule has 4 aromatic rings. The number of aryl methyl sites for hydroxylation is 1. The van der Waals surface area contributed by atoms with Gasteiger partial charge < -0.3 is 10.1 Å². The van der Waals surface area contributed by atoms with Crippen molar-refractivity contribution >= 4 is 38.8 Å². The zero-order chi connectivity index (χ0) is 28.5. The molecule has 200 valence electrons. The number of pyridine rings is 1. The van der Waals surface area contributed by atoms with Gasteiger partial charge in [0.05, 0.1) is 34.5 Å². The van der Waals surface area contributed by atoms with Crippen LogP contribution in [0.5, 0.6) is 0 Å². The second-order valence-corrected chi connectivity index (χ2v) is 10.3. The largest absolute Gasteiger partial charge is 0.763 e. The van der Waals surface area contributed by atoms with Crippen molar-refractivity contribution in [1.29, 1.82) is 0 Å². The molecule has 0 radical (unpaired) electrons. The van der Waals surface area contributed by atoms with Crippen LogP contribution >= 0.6 is 0 Å². The Kier molecular flexibility index (Phi) is 8.96. The zero-order valence-electron chi connectivity index (χ0n) is 22.1. The Bertz CT molecular complexity index is 1710. The lowest BCUT2D eigenvalue weighted by Gasteiger charge is -2.17. The highest BCUT2D eigenvalue weighted by molar-refractivity contribution is 7.90. The molecule has 0 aliphatic heterocycles. The van der Waals surface area contributed by atoms with Crippen LogP contribution in [0, 0.1) is 6.92 Å². The minimum absolute atomic E-state index is 0.00303. The van der Waals surface area contributed by atoms with Crippen LogP contribution in [-0.2, 0) is 19.6 Å². The Balaban J connectivity index is 2.19. The molecule has 0 fully saturated rings. The van der Waals surface area contributed by atoms with E-state index in [1.54, 1.807) is 103 Å². The Morgan fingerprint density at radius 2 is 1.35 bits per heavy atom. The highest BCUT2D eigenvalue weighted by Gasteiger charge is 2.33. The third-order valence-corrected chi connectivity index (χ3v) is 7.21. The monoisotopic (exact) mass is 549 g/mol.